The monoisotopic (exact) mass is 256 g/mol. The molecule has 2 heterocycles. The minimum absolute atomic E-state index is 0.394. The van der Waals surface area contributed by atoms with Gasteiger partial charge in [0, 0.05) is 29.7 Å². The van der Waals surface area contributed by atoms with Crippen LogP contribution >= 0.6 is 11.3 Å². The van der Waals surface area contributed by atoms with Crippen LogP contribution in [0.4, 0.5) is 0 Å². The fourth-order valence-corrected chi connectivity index (χ4v) is 2.96. The lowest BCUT2D eigenvalue weighted by atomic mass is 10.1. The second-order valence-corrected chi connectivity index (χ2v) is 5.30. The summed E-state index contributed by atoms with van der Waals surface area (Å²) in [6.07, 6.45) is 2.00. The molecule has 0 fully saturated rings. The highest BCUT2D eigenvalue weighted by Gasteiger charge is 2.06. The van der Waals surface area contributed by atoms with E-state index in [4.69, 9.17) is 0 Å². The Morgan fingerprint density at radius 1 is 1.28 bits per heavy atom. The highest BCUT2D eigenvalue weighted by molar-refractivity contribution is 7.07. The molecule has 2 nitrogen and oxygen atoms in total. The molecule has 0 aliphatic rings. The molecular formula is C15H16N2S. The Balaban J connectivity index is 1.75. The second-order valence-electron chi connectivity index (χ2n) is 4.52. The van der Waals surface area contributed by atoms with E-state index >= 15 is 0 Å². The molecule has 0 radical (unpaired) electrons. The first-order valence-corrected chi connectivity index (χ1v) is 7.09. The first-order chi connectivity index (χ1) is 8.84. The van der Waals surface area contributed by atoms with Crippen molar-refractivity contribution >= 4 is 22.2 Å². The largest absolute Gasteiger partial charge is 0.361 e. The number of hydrogen-bond donors (Lipinski definition) is 2. The van der Waals surface area contributed by atoms with Gasteiger partial charge in [0.15, 0.2) is 0 Å². The summed E-state index contributed by atoms with van der Waals surface area (Å²) in [4.78, 5) is 3.25. The average molecular weight is 256 g/mol. The van der Waals surface area contributed by atoms with Crippen LogP contribution in [0.15, 0.2) is 47.3 Å². The van der Waals surface area contributed by atoms with E-state index in [9.17, 15) is 0 Å². The minimum Gasteiger partial charge on any atom is -0.361 e. The van der Waals surface area contributed by atoms with E-state index < -0.39 is 0 Å². The smallest absolute Gasteiger partial charge is 0.0457 e. The van der Waals surface area contributed by atoms with E-state index in [1.807, 2.05) is 6.20 Å². The first-order valence-electron chi connectivity index (χ1n) is 6.15. The Morgan fingerprint density at radius 3 is 3.06 bits per heavy atom. The molecule has 0 bridgehead atoms. The van der Waals surface area contributed by atoms with Gasteiger partial charge in [-0.25, -0.2) is 0 Å². The van der Waals surface area contributed by atoms with Crippen molar-refractivity contribution in [3.05, 3.63) is 58.4 Å². The van der Waals surface area contributed by atoms with Crippen LogP contribution in [0.2, 0.25) is 0 Å². The summed E-state index contributed by atoms with van der Waals surface area (Å²) in [6.45, 7) is 3.10. The number of aromatic nitrogens is 1. The molecule has 0 saturated carbocycles. The van der Waals surface area contributed by atoms with Gasteiger partial charge in [-0.2, -0.15) is 11.3 Å². The third kappa shape index (κ3) is 2.19. The topological polar surface area (TPSA) is 27.8 Å². The van der Waals surface area contributed by atoms with Crippen LogP contribution < -0.4 is 5.32 Å². The summed E-state index contributed by atoms with van der Waals surface area (Å²) in [5.41, 5.74) is 3.91. The molecule has 0 spiro atoms. The Kier molecular flexibility index (Phi) is 3.17. The number of thiophene rings is 1. The Labute approximate surface area is 111 Å². The molecule has 0 aliphatic carbocycles. The number of benzene rings is 1. The molecule has 2 N–H and O–H groups in total. The highest BCUT2D eigenvalue weighted by atomic mass is 32.1. The first kappa shape index (κ1) is 11.5. The number of nitrogens with one attached hydrogen (secondary N) is 2. The fourth-order valence-electron chi connectivity index (χ4n) is 2.21. The normalized spacial score (nSPS) is 12.9. The number of aromatic amines is 1. The summed E-state index contributed by atoms with van der Waals surface area (Å²) < 4.78 is 0. The van der Waals surface area contributed by atoms with Crippen molar-refractivity contribution in [3.8, 4) is 0 Å². The van der Waals surface area contributed by atoms with Crippen molar-refractivity contribution in [2.45, 2.75) is 19.5 Å². The molecule has 3 heteroatoms. The van der Waals surface area contributed by atoms with Crippen molar-refractivity contribution in [2.75, 3.05) is 0 Å². The van der Waals surface area contributed by atoms with E-state index in [2.05, 4.69) is 58.3 Å². The van der Waals surface area contributed by atoms with Crippen molar-refractivity contribution < 1.29 is 0 Å². The molecule has 3 rings (SSSR count). The van der Waals surface area contributed by atoms with Crippen molar-refractivity contribution in [3.63, 3.8) is 0 Å². The van der Waals surface area contributed by atoms with Gasteiger partial charge in [0.2, 0.25) is 0 Å². The molecule has 1 atom stereocenters. The van der Waals surface area contributed by atoms with Gasteiger partial charge in [-0.3, -0.25) is 0 Å². The minimum atomic E-state index is 0.394. The zero-order chi connectivity index (χ0) is 12.4. The van der Waals surface area contributed by atoms with Gasteiger partial charge in [-0.1, -0.05) is 12.1 Å². The zero-order valence-electron chi connectivity index (χ0n) is 10.3. The predicted molar refractivity (Wildman–Crippen MR) is 77.9 cm³/mol. The average Bonchev–Trinajstić information content (AvgIpc) is 3.05. The van der Waals surface area contributed by atoms with Gasteiger partial charge in [0.25, 0.3) is 0 Å². The molecule has 0 aliphatic heterocycles. The second kappa shape index (κ2) is 4.96. The van der Waals surface area contributed by atoms with Gasteiger partial charge < -0.3 is 10.3 Å². The maximum Gasteiger partial charge on any atom is 0.0457 e. The summed E-state index contributed by atoms with van der Waals surface area (Å²) in [5.74, 6) is 0. The van der Waals surface area contributed by atoms with Crippen molar-refractivity contribution in [2.24, 2.45) is 0 Å². The van der Waals surface area contributed by atoms with Gasteiger partial charge in [-0.05, 0) is 47.0 Å². The maximum absolute atomic E-state index is 3.58. The zero-order valence-corrected chi connectivity index (χ0v) is 11.1. The standard InChI is InChI=1S/C15H16N2S/c1-11(13-6-8-18-10-13)17-9-12-3-2-4-15-14(12)5-7-16-15/h2-8,10-11,16-17H,9H2,1H3. The Bertz CT molecular complexity index is 625. The third-order valence-electron chi connectivity index (χ3n) is 3.33. The number of fused-ring (bicyclic) bond motifs is 1. The van der Waals surface area contributed by atoms with E-state index in [0.717, 1.165) is 6.54 Å². The molecule has 1 aromatic carbocycles. The molecule has 2 aromatic heterocycles. The quantitative estimate of drug-likeness (QED) is 0.723. The SMILES string of the molecule is CC(NCc1cccc2[nH]ccc12)c1ccsc1. The van der Waals surface area contributed by atoms with Crippen LogP contribution in [-0.2, 0) is 6.54 Å². The van der Waals surface area contributed by atoms with Crippen LogP contribution in [0.5, 0.6) is 0 Å². The molecule has 3 aromatic rings. The highest BCUT2D eigenvalue weighted by Crippen LogP contribution is 2.20. The van der Waals surface area contributed by atoms with Crippen molar-refractivity contribution in [1.82, 2.24) is 10.3 Å². The molecular weight excluding hydrogens is 240 g/mol. The number of hydrogen-bond acceptors (Lipinski definition) is 2. The molecule has 0 saturated heterocycles. The third-order valence-corrected chi connectivity index (χ3v) is 4.03. The molecule has 0 amide bonds. The number of H-pyrrole nitrogens is 1. The van der Waals surface area contributed by atoms with Gasteiger partial charge in [0.1, 0.15) is 0 Å². The van der Waals surface area contributed by atoms with E-state index in [1.165, 1.54) is 22.0 Å². The van der Waals surface area contributed by atoms with Crippen LogP contribution in [0.1, 0.15) is 24.1 Å². The molecule has 18 heavy (non-hydrogen) atoms. The van der Waals surface area contributed by atoms with Crippen LogP contribution in [-0.4, -0.2) is 4.98 Å². The lowest BCUT2D eigenvalue weighted by Crippen LogP contribution is -2.17. The maximum atomic E-state index is 3.58. The Hall–Kier alpha value is -1.58. The van der Waals surface area contributed by atoms with Crippen LogP contribution in [0.25, 0.3) is 10.9 Å². The summed E-state index contributed by atoms with van der Waals surface area (Å²) in [5, 5.41) is 9.21. The van der Waals surface area contributed by atoms with Gasteiger partial charge >= 0.3 is 0 Å². The van der Waals surface area contributed by atoms with Crippen LogP contribution in [0.3, 0.4) is 0 Å². The summed E-state index contributed by atoms with van der Waals surface area (Å²) in [7, 11) is 0. The van der Waals surface area contributed by atoms with Gasteiger partial charge in [0.05, 0.1) is 0 Å². The predicted octanol–water partition coefficient (Wildman–Crippen LogP) is 4.08. The Morgan fingerprint density at radius 2 is 2.22 bits per heavy atom. The van der Waals surface area contributed by atoms with E-state index in [-0.39, 0.29) is 0 Å². The lowest BCUT2D eigenvalue weighted by Gasteiger charge is -2.13. The fraction of sp³-hybridized carbons (Fsp3) is 0.200. The van der Waals surface area contributed by atoms with Crippen LogP contribution in [0, 0.1) is 0 Å². The van der Waals surface area contributed by atoms with E-state index in [0.29, 0.717) is 6.04 Å². The van der Waals surface area contributed by atoms with Crippen molar-refractivity contribution in [1.29, 1.82) is 0 Å². The summed E-state index contributed by atoms with van der Waals surface area (Å²) >= 11 is 1.75. The van der Waals surface area contributed by atoms with Gasteiger partial charge in [-0.15, -0.1) is 0 Å². The number of rotatable bonds is 4. The molecule has 92 valence electrons. The van der Waals surface area contributed by atoms with E-state index in [1.54, 1.807) is 11.3 Å². The lowest BCUT2D eigenvalue weighted by molar-refractivity contribution is 0.578. The molecule has 1 unspecified atom stereocenters. The summed E-state index contributed by atoms with van der Waals surface area (Å²) in [6, 6.07) is 11.1.